The number of carbonyl (C=O) groups excluding carboxylic acids is 1. The van der Waals surface area contributed by atoms with Crippen molar-refractivity contribution < 1.29 is 14.6 Å². The molecule has 1 aromatic rings. The molecule has 3 rings (SSSR count). The summed E-state index contributed by atoms with van der Waals surface area (Å²) in [5.41, 5.74) is 2.74. The molecule has 0 aliphatic carbocycles. The molecule has 0 spiro atoms. The Kier molecular flexibility index (Phi) is 2.95. The molecule has 0 radical (unpaired) electrons. The molecule has 2 aliphatic rings. The monoisotopic (exact) mass is 262 g/mol. The summed E-state index contributed by atoms with van der Waals surface area (Å²) in [6.45, 7) is 1.64. The number of fused-ring (bicyclic) bond motifs is 1. The van der Waals surface area contributed by atoms with E-state index in [1.807, 2.05) is 25.2 Å². The lowest BCUT2D eigenvalue weighted by molar-refractivity contribution is -0.135. The number of rotatable bonds is 4. The molecule has 5 nitrogen and oxygen atoms in total. The number of anilines is 2. The summed E-state index contributed by atoms with van der Waals surface area (Å²) in [6.07, 6.45) is 0.438. The first-order valence-corrected chi connectivity index (χ1v) is 6.47. The second kappa shape index (κ2) is 4.51. The molecule has 0 unspecified atom stereocenters. The highest BCUT2D eigenvalue weighted by Crippen LogP contribution is 2.36. The third-order valence-electron chi connectivity index (χ3n) is 3.95. The number of benzene rings is 1. The van der Waals surface area contributed by atoms with E-state index in [1.54, 1.807) is 4.90 Å². The average molecular weight is 262 g/mol. The van der Waals surface area contributed by atoms with Crippen molar-refractivity contribution in [1.82, 2.24) is 0 Å². The number of ether oxygens (including phenoxy) is 1. The zero-order valence-corrected chi connectivity index (χ0v) is 11.0. The van der Waals surface area contributed by atoms with Gasteiger partial charge in [-0.15, -0.1) is 0 Å². The van der Waals surface area contributed by atoms with Crippen molar-refractivity contribution in [3.63, 3.8) is 0 Å². The van der Waals surface area contributed by atoms with E-state index in [1.165, 1.54) is 0 Å². The number of hydrogen-bond acceptors (Lipinski definition) is 4. The summed E-state index contributed by atoms with van der Waals surface area (Å²) in [5.74, 6) is 0.1000. The van der Waals surface area contributed by atoms with Crippen molar-refractivity contribution in [2.24, 2.45) is 5.41 Å². The first kappa shape index (κ1) is 12.4. The highest BCUT2D eigenvalue weighted by molar-refractivity contribution is 6.01. The van der Waals surface area contributed by atoms with Crippen molar-refractivity contribution in [2.45, 2.75) is 6.42 Å². The molecule has 0 bridgehead atoms. The second-order valence-electron chi connectivity index (χ2n) is 5.40. The minimum absolute atomic E-state index is 0.0563. The summed E-state index contributed by atoms with van der Waals surface area (Å²) < 4.78 is 5.19. The van der Waals surface area contributed by atoms with Gasteiger partial charge in [-0.2, -0.15) is 0 Å². The van der Waals surface area contributed by atoms with Crippen molar-refractivity contribution in [1.29, 1.82) is 0 Å². The van der Waals surface area contributed by atoms with Gasteiger partial charge in [-0.05, 0) is 23.8 Å². The van der Waals surface area contributed by atoms with E-state index in [-0.39, 0.29) is 17.9 Å². The van der Waals surface area contributed by atoms with Gasteiger partial charge in [0.25, 0.3) is 0 Å². The summed E-state index contributed by atoms with van der Waals surface area (Å²) in [7, 11) is 1.86. The third kappa shape index (κ3) is 1.99. The molecule has 5 heteroatoms. The molecular weight excluding hydrogens is 244 g/mol. The largest absolute Gasteiger partial charge is 0.396 e. The van der Waals surface area contributed by atoms with E-state index >= 15 is 0 Å². The van der Waals surface area contributed by atoms with Crippen LogP contribution in [0.1, 0.15) is 5.56 Å². The molecule has 0 atom stereocenters. The molecule has 0 aromatic heterocycles. The Hall–Kier alpha value is -1.59. The van der Waals surface area contributed by atoms with Crippen molar-refractivity contribution in [2.75, 3.05) is 43.6 Å². The van der Waals surface area contributed by atoms with Crippen LogP contribution in [0.15, 0.2) is 18.2 Å². The van der Waals surface area contributed by atoms with E-state index in [0.29, 0.717) is 26.2 Å². The molecule has 1 aromatic carbocycles. The van der Waals surface area contributed by atoms with Crippen molar-refractivity contribution in [3.8, 4) is 0 Å². The van der Waals surface area contributed by atoms with Gasteiger partial charge in [0.1, 0.15) is 0 Å². The molecule has 1 fully saturated rings. The van der Waals surface area contributed by atoms with Gasteiger partial charge in [0.2, 0.25) is 5.91 Å². The van der Waals surface area contributed by atoms with Crippen LogP contribution in [0.2, 0.25) is 0 Å². The maximum atomic E-state index is 12.1. The van der Waals surface area contributed by atoms with Gasteiger partial charge < -0.3 is 20.1 Å². The summed E-state index contributed by atoms with van der Waals surface area (Å²) in [5, 5.41) is 12.6. The summed E-state index contributed by atoms with van der Waals surface area (Å²) in [4.78, 5) is 13.9. The number of hydrogen-bond donors (Lipinski definition) is 2. The van der Waals surface area contributed by atoms with E-state index in [9.17, 15) is 9.90 Å². The number of aliphatic hydroxyl groups excluding tert-OH is 1. The van der Waals surface area contributed by atoms with Gasteiger partial charge in [-0.3, -0.25) is 4.79 Å². The van der Waals surface area contributed by atoms with Crippen LogP contribution in [0.4, 0.5) is 11.4 Å². The van der Waals surface area contributed by atoms with Crippen LogP contribution in [-0.2, 0) is 16.0 Å². The topological polar surface area (TPSA) is 61.8 Å². The van der Waals surface area contributed by atoms with Gasteiger partial charge in [0, 0.05) is 25.0 Å². The van der Waals surface area contributed by atoms with Crippen LogP contribution < -0.4 is 10.2 Å². The van der Waals surface area contributed by atoms with Crippen LogP contribution >= 0.6 is 0 Å². The third-order valence-corrected chi connectivity index (χ3v) is 3.95. The Morgan fingerprint density at radius 1 is 1.47 bits per heavy atom. The van der Waals surface area contributed by atoms with E-state index in [2.05, 4.69) is 5.32 Å². The quantitative estimate of drug-likeness (QED) is 0.835. The predicted molar refractivity (Wildman–Crippen MR) is 72.4 cm³/mol. The van der Waals surface area contributed by atoms with Gasteiger partial charge in [-0.25, -0.2) is 0 Å². The van der Waals surface area contributed by atoms with Crippen molar-refractivity contribution >= 4 is 17.3 Å². The molecule has 2 aliphatic heterocycles. The maximum absolute atomic E-state index is 12.1. The Morgan fingerprint density at radius 2 is 2.26 bits per heavy atom. The van der Waals surface area contributed by atoms with E-state index in [4.69, 9.17) is 4.74 Å². The van der Waals surface area contributed by atoms with Crippen LogP contribution in [0.3, 0.4) is 0 Å². The molecular formula is C14H18N2O3. The van der Waals surface area contributed by atoms with Crippen molar-refractivity contribution in [3.05, 3.63) is 23.8 Å². The van der Waals surface area contributed by atoms with E-state index in [0.717, 1.165) is 16.9 Å². The first-order chi connectivity index (χ1) is 9.17. The van der Waals surface area contributed by atoms with Crippen LogP contribution in [0.5, 0.6) is 0 Å². The minimum atomic E-state index is -0.279. The molecule has 1 saturated heterocycles. The fraction of sp³-hybridized carbons (Fsp3) is 0.500. The maximum Gasteiger partial charge on any atom is 0.231 e. The number of nitrogens with zero attached hydrogens (tertiary/aromatic N) is 1. The lowest BCUT2D eigenvalue weighted by atomic mass is 9.86. The molecule has 102 valence electrons. The zero-order chi connectivity index (χ0) is 13.5. The summed E-state index contributed by atoms with van der Waals surface area (Å²) in [6, 6.07) is 5.94. The first-order valence-electron chi connectivity index (χ1n) is 6.47. The Bertz CT molecular complexity index is 506. The van der Waals surface area contributed by atoms with Gasteiger partial charge in [-0.1, -0.05) is 0 Å². The standard InChI is InChI=1S/C14H18N2O3/c1-15-11-2-3-12-10(4-11)5-13(18)16(12)6-14(7-17)8-19-9-14/h2-4,15,17H,5-9H2,1H3. The zero-order valence-electron chi connectivity index (χ0n) is 11.0. The van der Waals surface area contributed by atoms with Gasteiger partial charge >= 0.3 is 0 Å². The van der Waals surface area contributed by atoms with Crippen LogP contribution in [-0.4, -0.2) is 44.4 Å². The van der Waals surface area contributed by atoms with Gasteiger partial charge in [0.05, 0.1) is 31.7 Å². The van der Waals surface area contributed by atoms with Gasteiger partial charge in [0.15, 0.2) is 0 Å². The highest BCUT2D eigenvalue weighted by Gasteiger charge is 2.42. The fourth-order valence-electron chi connectivity index (χ4n) is 2.67. The minimum Gasteiger partial charge on any atom is -0.396 e. The SMILES string of the molecule is CNc1ccc2c(c1)CC(=O)N2CC1(CO)COC1. The van der Waals surface area contributed by atoms with Crippen LogP contribution in [0, 0.1) is 5.41 Å². The lowest BCUT2D eigenvalue weighted by Gasteiger charge is -2.42. The smallest absolute Gasteiger partial charge is 0.231 e. The Labute approximate surface area is 112 Å². The fourth-order valence-corrected chi connectivity index (χ4v) is 2.67. The average Bonchev–Trinajstić information content (AvgIpc) is 2.68. The van der Waals surface area contributed by atoms with E-state index < -0.39 is 0 Å². The Balaban J connectivity index is 1.86. The summed E-state index contributed by atoms with van der Waals surface area (Å²) >= 11 is 0. The molecule has 19 heavy (non-hydrogen) atoms. The molecule has 2 heterocycles. The molecule has 1 amide bonds. The van der Waals surface area contributed by atoms with Crippen LogP contribution in [0.25, 0.3) is 0 Å². The normalized spacial score (nSPS) is 20.1. The molecule has 2 N–H and O–H groups in total. The lowest BCUT2D eigenvalue weighted by Crippen LogP contribution is -2.54. The number of carbonyl (C=O) groups is 1. The number of nitrogens with one attached hydrogen (secondary N) is 1. The molecule has 0 saturated carbocycles. The number of amides is 1. The Morgan fingerprint density at radius 3 is 2.84 bits per heavy atom. The highest BCUT2D eigenvalue weighted by atomic mass is 16.5. The second-order valence-corrected chi connectivity index (χ2v) is 5.40. The number of aliphatic hydroxyl groups is 1. The predicted octanol–water partition coefficient (Wildman–Crippen LogP) is 0.626.